The van der Waals surface area contributed by atoms with Gasteiger partial charge in [-0.15, -0.1) is 0 Å². The second-order valence-electron chi connectivity index (χ2n) is 3.24. The first-order valence-electron chi connectivity index (χ1n) is 4.75. The summed E-state index contributed by atoms with van der Waals surface area (Å²) in [5.74, 6) is 0. The van der Waals surface area contributed by atoms with Crippen molar-refractivity contribution in [3.05, 3.63) is 43.1 Å². The molecule has 2 heterocycles. The fraction of sp³-hybridized carbons (Fsp3) is 0. The van der Waals surface area contributed by atoms with E-state index < -0.39 is 0 Å². The summed E-state index contributed by atoms with van der Waals surface area (Å²) in [5.41, 5.74) is 2.80. The Kier molecular flexibility index (Phi) is 1.96. The highest BCUT2D eigenvalue weighted by atomic mass is 15.3. The third kappa shape index (κ3) is 1.46. The first-order chi connectivity index (χ1) is 7.93. The van der Waals surface area contributed by atoms with Gasteiger partial charge in [0.15, 0.2) is 0 Å². The van der Waals surface area contributed by atoms with Crippen molar-refractivity contribution in [3.63, 3.8) is 0 Å². The van der Waals surface area contributed by atoms with Gasteiger partial charge in [-0.2, -0.15) is 20.5 Å². The van der Waals surface area contributed by atoms with Crippen molar-refractivity contribution < 1.29 is 0 Å². The smallest absolute Gasteiger partial charge is 0.138 e. The van der Waals surface area contributed by atoms with E-state index in [2.05, 4.69) is 25.5 Å². The maximum atomic E-state index is 4.05. The lowest BCUT2D eigenvalue weighted by molar-refractivity contribution is 0.879. The van der Waals surface area contributed by atoms with E-state index in [0.29, 0.717) is 0 Å². The van der Waals surface area contributed by atoms with Gasteiger partial charge in [-0.05, 0) is 12.1 Å². The van der Waals surface area contributed by atoms with Gasteiger partial charge >= 0.3 is 0 Å². The van der Waals surface area contributed by atoms with E-state index in [-0.39, 0.29) is 0 Å². The molecule has 0 aliphatic rings. The zero-order valence-corrected chi connectivity index (χ0v) is 8.28. The second-order valence-corrected chi connectivity index (χ2v) is 3.24. The number of H-pyrrole nitrogens is 1. The van der Waals surface area contributed by atoms with Gasteiger partial charge in [0.2, 0.25) is 0 Å². The molecule has 0 amide bonds. The normalized spacial score (nSPS) is 10.5. The van der Waals surface area contributed by atoms with E-state index in [0.717, 1.165) is 16.9 Å². The van der Waals surface area contributed by atoms with Gasteiger partial charge in [-0.1, -0.05) is 12.1 Å². The number of nitrogens with zero attached hydrogens (tertiary/aromatic N) is 5. The summed E-state index contributed by atoms with van der Waals surface area (Å²) < 4.78 is 1.70. The minimum absolute atomic E-state index is 0.824. The molecule has 3 rings (SSSR count). The van der Waals surface area contributed by atoms with Crippen LogP contribution in [0.5, 0.6) is 0 Å². The maximum absolute atomic E-state index is 4.05. The van der Waals surface area contributed by atoms with Crippen LogP contribution in [0.15, 0.2) is 43.1 Å². The second kappa shape index (κ2) is 3.58. The van der Waals surface area contributed by atoms with E-state index in [1.54, 1.807) is 17.2 Å². The lowest BCUT2D eigenvalue weighted by Gasteiger charge is -2.00. The quantitative estimate of drug-likeness (QED) is 0.689. The highest BCUT2D eigenvalue weighted by Gasteiger charge is 2.01. The summed E-state index contributed by atoms with van der Waals surface area (Å²) in [4.78, 5) is 3.90. The molecule has 6 nitrogen and oxygen atoms in total. The lowest BCUT2D eigenvalue weighted by Crippen LogP contribution is -1.93. The molecule has 3 aromatic rings. The monoisotopic (exact) mass is 212 g/mol. The molecule has 1 aromatic carbocycles. The van der Waals surface area contributed by atoms with Gasteiger partial charge in [0, 0.05) is 5.56 Å². The zero-order valence-electron chi connectivity index (χ0n) is 8.28. The fourth-order valence-corrected chi connectivity index (χ4v) is 1.47. The summed E-state index contributed by atoms with van der Waals surface area (Å²) in [7, 11) is 0. The number of hydrogen-bond acceptors (Lipinski definition) is 4. The van der Waals surface area contributed by atoms with Crippen LogP contribution in [-0.2, 0) is 0 Å². The topological polar surface area (TPSA) is 72.3 Å². The molecular weight excluding hydrogens is 204 g/mol. The number of hydrogen-bond donors (Lipinski definition) is 1. The molecule has 0 spiro atoms. The highest BCUT2D eigenvalue weighted by molar-refractivity contribution is 5.59. The molecule has 16 heavy (non-hydrogen) atoms. The van der Waals surface area contributed by atoms with Crippen molar-refractivity contribution in [1.29, 1.82) is 0 Å². The molecule has 0 unspecified atom stereocenters. The van der Waals surface area contributed by atoms with Crippen LogP contribution in [0.2, 0.25) is 0 Å². The van der Waals surface area contributed by atoms with E-state index in [1.165, 1.54) is 6.33 Å². The van der Waals surface area contributed by atoms with Crippen molar-refractivity contribution in [2.24, 2.45) is 0 Å². The standard InChI is InChI=1S/C10H8N6/c1-3-9(16-7-11-6-13-16)4-2-8(1)10-5-12-15-14-10/h1-7H,(H,12,14,15). The van der Waals surface area contributed by atoms with Crippen molar-refractivity contribution in [2.45, 2.75) is 0 Å². The lowest BCUT2D eigenvalue weighted by atomic mass is 10.1. The number of rotatable bonds is 2. The minimum Gasteiger partial charge on any atom is -0.223 e. The van der Waals surface area contributed by atoms with Crippen molar-refractivity contribution in [1.82, 2.24) is 30.2 Å². The SMILES string of the molecule is c1ncn(-c2ccc(-c3cn[nH]n3)cc2)n1. The molecule has 0 atom stereocenters. The Morgan fingerprint density at radius 2 is 2.00 bits per heavy atom. The van der Waals surface area contributed by atoms with E-state index in [4.69, 9.17) is 0 Å². The molecule has 78 valence electrons. The van der Waals surface area contributed by atoms with Crippen LogP contribution in [0.25, 0.3) is 16.9 Å². The average Bonchev–Trinajstić information content (AvgIpc) is 3.03. The fourth-order valence-electron chi connectivity index (χ4n) is 1.47. The number of aromatic amines is 1. The first kappa shape index (κ1) is 8.78. The third-order valence-corrected chi connectivity index (χ3v) is 2.26. The van der Waals surface area contributed by atoms with E-state index >= 15 is 0 Å². The zero-order chi connectivity index (χ0) is 10.8. The van der Waals surface area contributed by atoms with Gasteiger partial charge in [-0.25, -0.2) is 9.67 Å². The molecule has 0 aliphatic carbocycles. The van der Waals surface area contributed by atoms with Crippen LogP contribution in [0, 0.1) is 0 Å². The highest BCUT2D eigenvalue weighted by Crippen LogP contribution is 2.16. The molecular formula is C10H8N6. The molecule has 0 saturated heterocycles. The Bertz CT molecular complexity index is 499. The van der Waals surface area contributed by atoms with Gasteiger partial charge in [-0.3, -0.25) is 0 Å². The van der Waals surface area contributed by atoms with Crippen LogP contribution in [0.1, 0.15) is 0 Å². The Balaban J connectivity index is 1.97. The van der Waals surface area contributed by atoms with Gasteiger partial charge in [0.25, 0.3) is 0 Å². The predicted molar refractivity (Wildman–Crippen MR) is 56.7 cm³/mol. The van der Waals surface area contributed by atoms with Crippen molar-refractivity contribution in [3.8, 4) is 16.9 Å². The molecule has 0 radical (unpaired) electrons. The van der Waals surface area contributed by atoms with Crippen molar-refractivity contribution in [2.75, 3.05) is 0 Å². The summed E-state index contributed by atoms with van der Waals surface area (Å²) in [6, 6.07) is 7.85. The minimum atomic E-state index is 0.824. The van der Waals surface area contributed by atoms with Gasteiger partial charge in [0.05, 0.1) is 11.9 Å². The molecule has 0 fully saturated rings. The Morgan fingerprint density at radius 1 is 1.12 bits per heavy atom. The summed E-state index contributed by atoms with van der Waals surface area (Å²) >= 11 is 0. The Morgan fingerprint density at radius 3 is 2.62 bits per heavy atom. The molecule has 2 aromatic heterocycles. The third-order valence-electron chi connectivity index (χ3n) is 2.26. The Hall–Kier alpha value is -2.50. The van der Waals surface area contributed by atoms with Crippen LogP contribution in [0.3, 0.4) is 0 Å². The van der Waals surface area contributed by atoms with Gasteiger partial charge in [0.1, 0.15) is 18.3 Å². The molecule has 1 N–H and O–H groups in total. The number of aromatic nitrogens is 6. The van der Waals surface area contributed by atoms with Crippen LogP contribution >= 0.6 is 0 Å². The number of benzene rings is 1. The van der Waals surface area contributed by atoms with E-state index in [9.17, 15) is 0 Å². The summed E-state index contributed by atoms with van der Waals surface area (Å²) in [6.07, 6.45) is 4.85. The maximum Gasteiger partial charge on any atom is 0.138 e. The van der Waals surface area contributed by atoms with Gasteiger partial charge < -0.3 is 0 Å². The predicted octanol–water partition coefficient (Wildman–Crippen LogP) is 1.05. The molecule has 6 heteroatoms. The number of nitrogens with one attached hydrogen (secondary N) is 1. The largest absolute Gasteiger partial charge is 0.223 e. The van der Waals surface area contributed by atoms with Crippen LogP contribution in [0.4, 0.5) is 0 Å². The average molecular weight is 212 g/mol. The van der Waals surface area contributed by atoms with Crippen molar-refractivity contribution >= 4 is 0 Å². The Labute approximate surface area is 91.0 Å². The molecule has 0 aliphatic heterocycles. The molecule has 0 bridgehead atoms. The summed E-state index contributed by atoms with van der Waals surface area (Å²) in [5, 5.41) is 14.4. The van der Waals surface area contributed by atoms with Crippen LogP contribution in [-0.4, -0.2) is 30.2 Å². The first-order valence-corrected chi connectivity index (χ1v) is 4.75. The summed E-state index contributed by atoms with van der Waals surface area (Å²) in [6.45, 7) is 0. The van der Waals surface area contributed by atoms with E-state index in [1.807, 2.05) is 24.3 Å². The van der Waals surface area contributed by atoms with Crippen LogP contribution < -0.4 is 0 Å². The molecule has 0 saturated carbocycles.